The zero-order valence-corrected chi connectivity index (χ0v) is 14.4. The largest absolute Gasteiger partial charge is 0.340 e. The Hall–Kier alpha value is -2.50. The third kappa shape index (κ3) is 3.37. The molecular formula is C18H14ClN3OS. The smallest absolute Gasteiger partial charge is 0.166 e. The van der Waals surface area contributed by atoms with Crippen molar-refractivity contribution in [2.75, 3.05) is 5.32 Å². The Morgan fingerprint density at radius 1 is 1.12 bits per heavy atom. The number of nitrogens with zero attached hydrogens (tertiary/aromatic N) is 1. The van der Waals surface area contributed by atoms with Gasteiger partial charge < -0.3 is 10.3 Å². The van der Waals surface area contributed by atoms with Crippen molar-refractivity contribution in [1.29, 1.82) is 0 Å². The van der Waals surface area contributed by atoms with Gasteiger partial charge in [0, 0.05) is 5.56 Å². The third-order valence-corrected chi connectivity index (χ3v) is 4.08. The molecule has 0 saturated carbocycles. The molecule has 0 radical (unpaired) electrons. The zero-order chi connectivity index (χ0) is 17.1. The van der Waals surface area contributed by atoms with Crippen LogP contribution in [0.4, 0.5) is 11.5 Å². The van der Waals surface area contributed by atoms with Crippen molar-refractivity contribution < 1.29 is 4.79 Å². The van der Waals surface area contributed by atoms with E-state index in [0.717, 1.165) is 5.56 Å². The van der Waals surface area contributed by atoms with Gasteiger partial charge in [-0.1, -0.05) is 66.3 Å². The summed E-state index contributed by atoms with van der Waals surface area (Å²) in [5.74, 6) is 0.896. The molecule has 120 valence electrons. The molecule has 0 atom stereocenters. The highest BCUT2D eigenvalue weighted by Gasteiger charge is 2.15. The summed E-state index contributed by atoms with van der Waals surface area (Å²) in [5.41, 5.74) is 1.89. The van der Waals surface area contributed by atoms with Gasteiger partial charge in [-0.05, 0) is 19.1 Å². The average Bonchev–Trinajstić information content (AvgIpc) is 2.57. The number of hydrogen-bond acceptors (Lipinski definition) is 4. The van der Waals surface area contributed by atoms with Crippen LogP contribution < -0.4 is 5.32 Å². The Morgan fingerprint density at radius 3 is 2.46 bits per heavy atom. The molecule has 4 nitrogen and oxygen atoms in total. The maximum Gasteiger partial charge on any atom is 0.166 e. The second kappa shape index (κ2) is 6.95. The number of ketones is 1. The van der Waals surface area contributed by atoms with Crippen molar-refractivity contribution in [3.05, 3.63) is 69.8 Å². The Balaban J connectivity index is 2.15. The van der Waals surface area contributed by atoms with Gasteiger partial charge >= 0.3 is 0 Å². The molecular weight excluding hydrogens is 342 g/mol. The highest BCUT2D eigenvalue weighted by molar-refractivity contribution is 7.71. The van der Waals surface area contributed by atoms with E-state index in [1.165, 1.54) is 6.92 Å². The zero-order valence-electron chi connectivity index (χ0n) is 12.8. The van der Waals surface area contributed by atoms with Crippen molar-refractivity contribution in [2.24, 2.45) is 0 Å². The van der Waals surface area contributed by atoms with Crippen LogP contribution >= 0.6 is 23.8 Å². The number of benzene rings is 2. The molecule has 1 heterocycles. The van der Waals surface area contributed by atoms with E-state index >= 15 is 0 Å². The Labute approximate surface area is 149 Å². The summed E-state index contributed by atoms with van der Waals surface area (Å²) in [6.07, 6.45) is 0. The first-order valence-corrected chi connectivity index (χ1v) is 8.07. The molecule has 0 aliphatic carbocycles. The van der Waals surface area contributed by atoms with Crippen LogP contribution in [0.2, 0.25) is 5.02 Å². The predicted octanol–water partition coefficient (Wildman–Crippen LogP) is 5.41. The summed E-state index contributed by atoms with van der Waals surface area (Å²) < 4.78 is 0.245. The standard InChI is InChI=1S/C18H14ClN3OS/c1-11(23)15-17(20-14-10-6-5-9-13(14)19)21-16(22-18(15)24)12-7-3-2-4-8-12/h2-10H,1H3,(H2,20,21,22,24). The Kier molecular flexibility index (Phi) is 4.74. The first kappa shape index (κ1) is 16.4. The number of para-hydroxylation sites is 1. The van der Waals surface area contributed by atoms with Gasteiger partial charge in [0.1, 0.15) is 16.3 Å². The minimum Gasteiger partial charge on any atom is -0.340 e. The highest BCUT2D eigenvalue weighted by atomic mass is 35.5. The van der Waals surface area contributed by atoms with Gasteiger partial charge in [0.25, 0.3) is 0 Å². The molecule has 2 aromatic carbocycles. The maximum absolute atomic E-state index is 12.0. The molecule has 6 heteroatoms. The van der Waals surface area contributed by atoms with E-state index in [4.69, 9.17) is 23.8 Å². The summed E-state index contributed by atoms with van der Waals surface area (Å²) >= 11 is 11.5. The summed E-state index contributed by atoms with van der Waals surface area (Å²) in [4.78, 5) is 19.5. The van der Waals surface area contributed by atoms with Crippen LogP contribution in [0.5, 0.6) is 0 Å². The molecule has 0 aliphatic rings. The number of halogens is 1. The minimum atomic E-state index is -0.169. The van der Waals surface area contributed by atoms with Crippen LogP contribution in [0.25, 0.3) is 11.4 Å². The molecule has 1 aromatic heterocycles. The molecule has 24 heavy (non-hydrogen) atoms. The van der Waals surface area contributed by atoms with Crippen LogP contribution in [0.3, 0.4) is 0 Å². The van der Waals surface area contributed by atoms with E-state index in [9.17, 15) is 4.79 Å². The lowest BCUT2D eigenvalue weighted by Crippen LogP contribution is -2.07. The normalized spacial score (nSPS) is 10.4. The summed E-state index contributed by atoms with van der Waals surface area (Å²) in [7, 11) is 0. The van der Waals surface area contributed by atoms with Crippen LogP contribution in [-0.4, -0.2) is 15.8 Å². The summed E-state index contributed by atoms with van der Waals surface area (Å²) in [6.45, 7) is 1.46. The number of nitrogens with one attached hydrogen (secondary N) is 2. The maximum atomic E-state index is 12.0. The molecule has 0 bridgehead atoms. The molecule has 0 amide bonds. The number of rotatable bonds is 4. The first-order chi connectivity index (χ1) is 11.6. The molecule has 0 fully saturated rings. The fourth-order valence-corrected chi connectivity index (χ4v) is 2.84. The monoisotopic (exact) mass is 355 g/mol. The van der Waals surface area contributed by atoms with E-state index < -0.39 is 0 Å². The molecule has 0 saturated heterocycles. The molecule has 3 rings (SSSR count). The van der Waals surface area contributed by atoms with Crippen molar-refractivity contribution in [1.82, 2.24) is 9.97 Å². The number of Topliss-reactive ketones (excluding diaryl/α,β-unsaturated/α-hetero) is 1. The van der Waals surface area contributed by atoms with Crippen LogP contribution in [0, 0.1) is 4.64 Å². The van der Waals surface area contributed by atoms with Crippen molar-refractivity contribution in [3.8, 4) is 11.4 Å². The Morgan fingerprint density at radius 2 is 1.79 bits per heavy atom. The van der Waals surface area contributed by atoms with E-state index in [2.05, 4.69) is 15.3 Å². The second-order valence-corrected chi connectivity index (χ2v) is 5.96. The van der Waals surface area contributed by atoms with Crippen molar-refractivity contribution in [3.63, 3.8) is 0 Å². The summed E-state index contributed by atoms with van der Waals surface area (Å²) in [6, 6.07) is 16.9. The molecule has 0 spiro atoms. The van der Waals surface area contributed by atoms with E-state index in [-0.39, 0.29) is 10.4 Å². The average molecular weight is 356 g/mol. The highest BCUT2D eigenvalue weighted by Crippen LogP contribution is 2.28. The fourth-order valence-electron chi connectivity index (χ4n) is 2.32. The molecule has 2 N–H and O–H groups in total. The molecule has 0 unspecified atom stereocenters. The molecule has 0 aliphatic heterocycles. The van der Waals surface area contributed by atoms with Crippen LogP contribution in [-0.2, 0) is 0 Å². The number of aromatic nitrogens is 2. The summed E-state index contributed by atoms with van der Waals surface area (Å²) in [5, 5.41) is 3.70. The number of carbonyl (C=O) groups is 1. The lowest BCUT2D eigenvalue weighted by atomic mass is 10.2. The van der Waals surface area contributed by atoms with Gasteiger partial charge in [0.15, 0.2) is 5.78 Å². The lowest BCUT2D eigenvalue weighted by Gasteiger charge is -2.13. The first-order valence-electron chi connectivity index (χ1n) is 7.28. The van der Waals surface area contributed by atoms with Gasteiger partial charge in [0.05, 0.1) is 16.3 Å². The third-order valence-electron chi connectivity index (χ3n) is 3.45. The van der Waals surface area contributed by atoms with Crippen molar-refractivity contribution >= 4 is 41.1 Å². The van der Waals surface area contributed by atoms with Crippen LogP contribution in [0.15, 0.2) is 54.6 Å². The fraction of sp³-hybridized carbons (Fsp3) is 0.0556. The number of anilines is 2. The topological polar surface area (TPSA) is 57.8 Å². The van der Waals surface area contributed by atoms with Gasteiger partial charge in [0.2, 0.25) is 0 Å². The van der Waals surface area contributed by atoms with E-state index in [1.54, 1.807) is 6.07 Å². The van der Waals surface area contributed by atoms with Gasteiger partial charge in [-0.15, -0.1) is 0 Å². The Bertz CT molecular complexity index is 954. The van der Waals surface area contributed by atoms with Gasteiger partial charge in [-0.25, -0.2) is 4.98 Å². The van der Waals surface area contributed by atoms with Crippen LogP contribution in [0.1, 0.15) is 17.3 Å². The van der Waals surface area contributed by atoms with E-state index in [1.807, 2.05) is 48.5 Å². The predicted molar refractivity (Wildman–Crippen MR) is 99.6 cm³/mol. The number of carbonyl (C=O) groups excluding carboxylic acids is 1. The van der Waals surface area contributed by atoms with E-state index in [0.29, 0.717) is 27.9 Å². The van der Waals surface area contributed by atoms with Crippen molar-refractivity contribution in [2.45, 2.75) is 6.92 Å². The van der Waals surface area contributed by atoms with Gasteiger partial charge in [-0.2, -0.15) is 0 Å². The van der Waals surface area contributed by atoms with Gasteiger partial charge in [-0.3, -0.25) is 4.79 Å². The second-order valence-electron chi connectivity index (χ2n) is 5.17. The minimum absolute atomic E-state index is 0.169. The number of aromatic amines is 1. The lowest BCUT2D eigenvalue weighted by molar-refractivity contribution is 0.101. The number of H-pyrrole nitrogens is 1. The molecule has 3 aromatic rings. The number of hydrogen-bond donors (Lipinski definition) is 2. The SMILES string of the molecule is CC(=O)c1c(Nc2ccccc2Cl)[nH]c(-c2ccccc2)nc1=S. The quantitative estimate of drug-likeness (QED) is 0.485.